The molecule has 20 heavy (non-hydrogen) atoms. The number of nitrogens with one attached hydrogen (secondary N) is 1. The molecule has 1 atom stereocenters. The maximum atomic E-state index is 12.2. The number of anilines is 1. The number of rotatable bonds is 4. The Kier molecular flexibility index (Phi) is 4.29. The second-order valence-corrected chi connectivity index (χ2v) is 6.77. The third-order valence-electron chi connectivity index (χ3n) is 3.34. The Balaban J connectivity index is 2.09. The molecular weight excluding hydrogens is 280 g/mol. The van der Waals surface area contributed by atoms with Crippen molar-refractivity contribution in [1.82, 2.24) is 4.31 Å². The van der Waals surface area contributed by atoms with Gasteiger partial charge in [0.1, 0.15) is 0 Å². The summed E-state index contributed by atoms with van der Waals surface area (Å²) < 4.78 is 28.4. The van der Waals surface area contributed by atoms with Crippen molar-refractivity contribution in [1.29, 1.82) is 0 Å². The number of hydrogen-bond donors (Lipinski definition) is 2. The number of nitrogens with zero attached hydrogens (tertiary/aromatic N) is 1. The largest absolute Gasteiger partial charge is 0.478 e. The molecule has 110 valence electrons. The highest BCUT2D eigenvalue weighted by molar-refractivity contribution is 7.90. The fourth-order valence-electron chi connectivity index (χ4n) is 2.26. The maximum absolute atomic E-state index is 12.2. The van der Waals surface area contributed by atoms with Gasteiger partial charge in [-0.05, 0) is 43.0 Å². The lowest BCUT2D eigenvalue weighted by atomic mass is 10.0. The van der Waals surface area contributed by atoms with E-state index in [-0.39, 0.29) is 5.56 Å². The first-order valence-corrected chi connectivity index (χ1v) is 7.94. The topological polar surface area (TPSA) is 86.7 Å². The standard InChI is InChI=1S/C13H18N2O4S/c1-10-3-2-8-15(9-10)20(18,19)14-12-6-4-11(5-7-12)13(16)17/h4-7,10,14H,2-3,8-9H2,1H3,(H,16,17)/t10-/m0/s1. The molecule has 0 bridgehead atoms. The molecule has 1 heterocycles. The molecule has 2 rings (SSSR count). The van der Waals surface area contributed by atoms with Crippen molar-refractivity contribution < 1.29 is 18.3 Å². The quantitative estimate of drug-likeness (QED) is 0.887. The Morgan fingerprint density at radius 1 is 1.35 bits per heavy atom. The van der Waals surface area contributed by atoms with Crippen LogP contribution in [0.15, 0.2) is 24.3 Å². The molecule has 0 saturated carbocycles. The molecule has 1 aliphatic heterocycles. The SMILES string of the molecule is C[C@H]1CCCN(S(=O)(=O)Nc2ccc(C(=O)O)cc2)C1. The molecule has 1 fully saturated rings. The summed E-state index contributed by atoms with van der Waals surface area (Å²) >= 11 is 0. The van der Waals surface area contributed by atoms with E-state index in [1.54, 1.807) is 0 Å². The van der Waals surface area contributed by atoms with Crippen molar-refractivity contribution in [2.75, 3.05) is 17.8 Å². The molecule has 2 N–H and O–H groups in total. The number of hydrogen-bond acceptors (Lipinski definition) is 3. The van der Waals surface area contributed by atoms with E-state index in [2.05, 4.69) is 4.72 Å². The lowest BCUT2D eigenvalue weighted by Crippen LogP contribution is -2.42. The van der Waals surface area contributed by atoms with Crippen LogP contribution in [0.4, 0.5) is 5.69 Å². The zero-order valence-corrected chi connectivity index (χ0v) is 12.1. The number of benzene rings is 1. The van der Waals surface area contributed by atoms with Crippen molar-refractivity contribution in [3.63, 3.8) is 0 Å². The first-order valence-electron chi connectivity index (χ1n) is 6.50. The number of aromatic carboxylic acids is 1. The van der Waals surface area contributed by atoms with Crippen molar-refractivity contribution >= 4 is 21.9 Å². The fraction of sp³-hybridized carbons (Fsp3) is 0.462. The normalized spacial score (nSPS) is 20.6. The highest BCUT2D eigenvalue weighted by atomic mass is 32.2. The molecule has 1 aromatic rings. The molecule has 0 amide bonds. The van der Waals surface area contributed by atoms with E-state index in [0.717, 1.165) is 12.8 Å². The van der Waals surface area contributed by atoms with Gasteiger partial charge in [-0.2, -0.15) is 12.7 Å². The van der Waals surface area contributed by atoms with Gasteiger partial charge in [0.25, 0.3) is 0 Å². The van der Waals surface area contributed by atoms with Crippen molar-refractivity contribution in [2.24, 2.45) is 5.92 Å². The molecule has 0 aromatic heterocycles. The smallest absolute Gasteiger partial charge is 0.335 e. The molecule has 0 radical (unpaired) electrons. The molecule has 1 saturated heterocycles. The van der Waals surface area contributed by atoms with Crippen molar-refractivity contribution in [3.05, 3.63) is 29.8 Å². The van der Waals surface area contributed by atoms with E-state index >= 15 is 0 Å². The van der Waals surface area contributed by atoms with Gasteiger partial charge < -0.3 is 5.11 Å². The van der Waals surface area contributed by atoms with E-state index in [1.165, 1.54) is 28.6 Å². The summed E-state index contributed by atoms with van der Waals surface area (Å²) in [6, 6.07) is 5.65. The van der Waals surface area contributed by atoms with Gasteiger partial charge in [-0.1, -0.05) is 6.92 Å². The highest BCUT2D eigenvalue weighted by Gasteiger charge is 2.26. The second-order valence-electron chi connectivity index (χ2n) is 5.10. The van der Waals surface area contributed by atoms with Crippen LogP contribution in [0.3, 0.4) is 0 Å². The fourth-order valence-corrected chi connectivity index (χ4v) is 3.64. The van der Waals surface area contributed by atoms with E-state index in [9.17, 15) is 13.2 Å². The molecule has 1 aliphatic rings. The van der Waals surface area contributed by atoms with Crippen LogP contribution in [0.1, 0.15) is 30.1 Å². The maximum Gasteiger partial charge on any atom is 0.335 e. The summed E-state index contributed by atoms with van der Waals surface area (Å²) in [5.41, 5.74) is 0.493. The van der Waals surface area contributed by atoms with Crippen LogP contribution in [0, 0.1) is 5.92 Å². The van der Waals surface area contributed by atoms with Gasteiger partial charge in [0.15, 0.2) is 0 Å². The van der Waals surface area contributed by atoms with Gasteiger partial charge >= 0.3 is 16.2 Å². The van der Waals surface area contributed by atoms with Crippen molar-refractivity contribution in [3.8, 4) is 0 Å². The zero-order chi connectivity index (χ0) is 14.8. The summed E-state index contributed by atoms with van der Waals surface area (Å²) in [6.45, 7) is 3.07. The first-order chi connectivity index (χ1) is 9.38. The summed E-state index contributed by atoms with van der Waals surface area (Å²) in [4.78, 5) is 10.7. The Bertz CT molecular complexity index is 583. The number of carboxylic acid groups (broad SMARTS) is 1. The van der Waals surface area contributed by atoms with Gasteiger partial charge in [-0.15, -0.1) is 0 Å². The van der Waals surface area contributed by atoms with Gasteiger partial charge in [0.05, 0.1) is 5.56 Å². The zero-order valence-electron chi connectivity index (χ0n) is 11.2. The summed E-state index contributed by atoms with van der Waals surface area (Å²) in [7, 11) is -3.57. The first kappa shape index (κ1) is 14.8. The summed E-state index contributed by atoms with van der Waals surface area (Å²) in [5.74, 6) is -0.682. The van der Waals surface area contributed by atoms with Crippen molar-refractivity contribution in [2.45, 2.75) is 19.8 Å². The average molecular weight is 298 g/mol. The Morgan fingerprint density at radius 3 is 2.55 bits per heavy atom. The van der Waals surface area contributed by atoms with Gasteiger partial charge in [-0.25, -0.2) is 4.79 Å². The van der Waals surface area contributed by atoms with E-state index < -0.39 is 16.2 Å². The van der Waals surface area contributed by atoms with Crippen LogP contribution in [0.5, 0.6) is 0 Å². The third-order valence-corrected chi connectivity index (χ3v) is 4.84. The van der Waals surface area contributed by atoms with Crippen LogP contribution in [0.2, 0.25) is 0 Å². The number of piperidine rings is 1. The predicted molar refractivity (Wildman–Crippen MR) is 75.9 cm³/mol. The van der Waals surface area contributed by atoms with E-state index in [0.29, 0.717) is 24.7 Å². The van der Waals surface area contributed by atoms with Crippen LogP contribution in [-0.2, 0) is 10.2 Å². The minimum Gasteiger partial charge on any atom is -0.478 e. The number of carboxylic acids is 1. The third kappa shape index (κ3) is 3.49. The molecule has 0 spiro atoms. The summed E-state index contributed by atoms with van der Waals surface area (Å²) in [5, 5.41) is 8.79. The molecular formula is C13H18N2O4S. The lowest BCUT2D eigenvalue weighted by Gasteiger charge is -2.30. The second kappa shape index (κ2) is 5.80. The molecule has 1 aromatic carbocycles. The average Bonchev–Trinajstić information content (AvgIpc) is 2.39. The minimum absolute atomic E-state index is 0.125. The molecule has 7 heteroatoms. The van der Waals surface area contributed by atoms with Gasteiger partial charge in [0.2, 0.25) is 0 Å². The van der Waals surface area contributed by atoms with Crippen LogP contribution < -0.4 is 4.72 Å². The molecule has 6 nitrogen and oxygen atoms in total. The highest BCUT2D eigenvalue weighted by Crippen LogP contribution is 2.20. The van der Waals surface area contributed by atoms with Crippen LogP contribution in [-0.4, -0.2) is 36.9 Å². The Morgan fingerprint density at radius 2 is 2.00 bits per heavy atom. The van der Waals surface area contributed by atoms with Crippen LogP contribution in [0.25, 0.3) is 0 Å². The van der Waals surface area contributed by atoms with Gasteiger partial charge in [-0.3, -0.25) is 4.72 Å². The lowest BCUT2D eigenvalue weighted by molar-refractivity contribution is 0.0697. The molecule has 0 unspecified atom stereocenters. The Labute approximate surface area is 118 Å². The van der Waals surface area contributed by atoms with Gasteiger partial charge in [0, 0.05) is 18.8 Å². The van der Waals surface area contributed by atoms with E-state index in [4.69, 9.17) is 5.11 Å². The Hall–Kier alpha value is -1.60. The summed E-state index contributed by atoms with van der Waals surface area (Å²) in [6.07, 6.45) is 1.90. The monoisotopic (exact) mass is 298 g/mol. The number of carbonyl (C=O) groups is 1. The van der Waals surface area contributed by atoms with Crippen LogP contribution >= 0.6 is 0 Å². The predicted octanol–water partition coefficient (Wildman–Crippen LogP) is 1.77. The van der Waals surface area contributed by atoms with E-state index in [1.807, 2.05) is 6.92 Å². The molecule has 0 aliphatic carbocycles. The minimum atomic E-state index is -3.57.